The van der Waals surface area contributed by atoms with Gasteiger partial charge >= 0.3 is 6.09 Å². The molecule has 3 rings (SSSR count). The summed E-state index contributed by atoms with van der Waals surface area (Å²) in [5.41, 5.74) is 2.71. The first kappa shape index (κ1) is 18.1. The Morgan fingerprint density at radius 3 is 2.33 bits per heavy atom. The third-order valence-corrected chi connectivity index (χ3v) is 3.99. The number of hydrogen-bond acceptors (Lipinski definition) is 4. The van der Waals surface area contributed by atoms with E-state index >= 15 is 0 Å². The maximum absolute atomic E-state index is 12.3. The minimum Gasteiger partial charge on any atom is -0.391 e. The summed E-state index contributed by atoms with van der Waals surface area (Å²) >= 11 is 0. The van der Waals surface area contributed by atoms with Gasteiger partial charge in [0.15, 0.2) is 0 Å². The molecule has 2 aromatic carbocycles. The minimum atomic E-state index is -0.551. The molecule has 0 unspecified atom stereocenters. The Labute approximate surface area is 157 Å². The van der Waals surface area contributed by atoms with Crippen LogP contribution >= 0.6 is 0 Å². The van der Waals surface area contributed by atoms with Gasteiger partial charge in [-0.3, -0.25) is 9.69 Å². The molecule has 0 aliphatic heterocycles. The van der Waals surface area contributed by atoms with Crippen molar-refractivity contribution in [2.45, 2.75) is 6.92 Å². The van der Waals surface area contributed by atoms with Gasteiger partial charge in [0, 0.05) is 24.4 Å². The minimum absolute atomic E-state index is 0.150. The van der Waals surface area contributed by atoms with Crippen molar-refractivity contribution in [3.63, 3.8) is 0 Å². The molecule has 6 heteroatoms. The van der Waals surface area contributed by atoms with Crippen LogP contribution in [0.1, 0.15) is 15.9 Å². The number of rotatable bonds is 4. The van der Waals surface area contributed by atoms with Gasteiger partial charge in [0.1, 0.15) is 0 Å². The third kappa shape index (κ3) is 4.49. The van der Waals surface area contributed by atoms with Crippen LogP contribution in [0.15, 0.2) is 72.9 Å². The number of aryl methyl sites for hydroxylation is 1. The number of benzene rings is 2. The molecule has 0 saturated heterocycles. The van der Waals surface area contributed by atoms with Crippen LogP contribution in [-0.4, -0.2) is 24.0 Å². The second-order valence-corrected chi connectivity index (χ2v) is 5.92. The van der Waals surface area contributed by atoms with Gasteiger partial charge in [-0.05, 0) is 36.8 Å². The Kier molecular flexibility index (Phi) is 5.47. The lowest BCUT2D eigenvalue weighted by Gasteiger charge is -2.16. The zero-order valence-corrected chi connectivity index (χ0v) is 15.0. The van der Waals surface area contributed by atoms with E-state index in [0.717, 1.165) is 5.56 Å². The third-order valence-electron chi connectivity index (χ3n) is 3.99. The normalized spacial score (nSPS) is 10.1. The zero-order chi connectivity index (χ0) is 19.2. The number of para-hydroxylation sites is 1. The number of nitrogens with one attached hydrogen (secondary N) is 1. The summed E-state index contributed by atoms with van der Waals surface area (Å²) in [5.74, 6) is -0.0693. The summed E-state index contributed by atoms with van der Waals surface area (Å²) in [7, 11) is 1.62. The van der Waals surface area contributed by atoms with Crippen LogP contribution in [0, 0.1) is 6.92 Å². The van der Waals surface area contributed by atoms with Crippen molar-refractivity contribution in [1.29, 1.82) is 0 Å². The lowest BCUT2D eigenvalue weighted by Crippen LogP contribution is -2.29. The Morgan fingerprint density at radius 1 is 0.963 bits per heavy atom. The van der Waals surface area contributed by atoms with Crippen molar-refractivity contribution in [1.82, 2.24) is 4.98 Å². The van der Waals surface area contributed by atoms with Crippen molar-refractivity contribution in [3.05, 3.63) is 84.1 Å². The molecule has 0 aliphatic rings. The number of amides is 2. The van der Waals surface area contributed by atoms with E-state index in [4.69, 9.17) is 4.74 Å². The molecule has 0 radical (unpaired) electrons. The van der Waals surface area contributed by atoms with E-state index in [-0.39, 0.29) is 11.8 Å². The van der Waals surface area contributed by atoms with Crippen LogP contribution in [0.2, 0.25) is 0 Å². The molecule has 0 spiro atoms. The average molecular weight is 361 g/mol. The number of aromatic nitrogens is 1. The molecule has 0 saturated carbocycles. The fourth-order valence-corrected chi connectivity index (χ4v) is 2.46. The lowest BCUT2D eigenvalue weighted by molar-refractivity contribution is 0.102. The number of carbonyl (C=O) groups excluding carboxylic acids is 2. The van der Waals surface area contributed by atoms with Crippen LogP contribution < -0.4 is 15.0 Å². The summed E-state index contributed by atoms with van der Waals surface area (Å²) in [6.45, 7) is 1.87. The smallest absolute Gasteiger partial charge is 0.391 e. The van der Waals surface area contributed by atoms with Crippen LogP contribution in [0.3, 0.4) is 0 Å². The monoisotopic (exact) mass is 361 g/mol. The maximum atomic E-state index is 12.3. The SMILES string of the molecule is Cc1ccccc1C(=O)Nc1ccc(OC(=O)N(C)c2ccccc2)nc1. The highest BCUT2D eigenvalue weighted by Gasteiger charge is 2.14. The van der Waals surface area contributed by atoms with Gasteiger partial charge in [0.25, 0.3) is 5.91 Å². The fraction of sp³-hybridized carbons (Fsp3) is 0.0952. The van der Waals surface area contributed by atoms with Gasteiger partial charge in [-0.1, -0.05) is 36.4 Å². The van der Waals surface area contributed by atoms with Crippen LogP contribution in [0.4, 0.5) is 16.2 Å². The summed E-state index contributed by atoms with van der Waals surface area (Å²) in [6, 6.07) is 19.6. The molecular weight excluding hydrogens is 342 g/mol. The Balaban J connectivity index is 1.63. The number of pyridine rings is 1. The number of ether oxygens (including phenoxy) is 1. The topological polar surface area (TPSA) is 71.5 Å². The molecule has 27 heavy (non-hydrogen) atoms. The predicted molar refractivity (Wildman–Crippen MR) is 104 cm³/mol. The molecule has 0 fully saturated rings. The summed E-state index contributed by atoms with van der Waals surface area (Å²) in [5, 5.41) is 2.78. The van der Waals surface area contributed by atoms with Crippen molar-refractivity contribution >= 4 is 23.4 Å². The first-order valence-corrected chi connectivity index (χ1v) is 8.38. The maximum Gasteiger partial charge on any atom is 0.420 e. The first-order valence-electron chi connectivity index (χ1n) is 8.38. The molecule has 0 bridgehead atoms. The summed E-state index contributed by atoms with van der Waals surface area (Å²) < 4.78 is 5.26. The molecule has 1 aromatic heterocycles. The van der Waals surface area contributed by atoms with E-state index in [2.05, 4.69) is 10.3 Å². The van der Waals surface area contributed by atoms with Crippen LogP contribution in [0.25, 0.3) is 0 Å². The van der Waals surface area contributed by atoms with Gasteiger partial charge in [-0.25, -0.2) is 9.78 Å². The summed E-state index contributed by atoms with van der Waals surface area (Å²) in [4.78, 5) is 30.0. The van der Waals surface area contributed by atoms with E-state index in [1.165, 1.54) is 17.2 Å². The van der Waals surface area contributed by atoms with Crippen LogP contribution in [0.5, 0.6) is 5.88 Å². The lowest BCUT2D eigenvalue weighted by atomic mass is 10.1. The second-order valence-electron chi connectivity index (χ2n) is 5.92. The van der Waals surface area contributed by atoms with Crippen molar-refractivity contribution in [2.75, 3.05) is 17.3 Å². The molecular formula is C21H19N3O3. The van der Waals surface area contributed by atoms with Gasteiger partial charge in [-0.2, -0.15) is 0 Å². The molecule has 1 N–H and O–H groups in total. The predicted octanol–water partition coefficient (Wildman–Crippen LogP) is 4.28. The Hall–Kier alpha value is -3.67. The molecule has 136 valence electrons. The molecule has 0 atom stereocenters. The van der Waals surface area contributed by atoms with E-state index in [1.54, 1.807) is 31.3 Å². The number of nitrogens with zero attached hydrogens (tertiary/aromatic N) is 2. The molecule has 1 heterocycles. The quantitative estimate of drug-likeness (QED) is 0.753. The van der Waals surface area contributed by atoms with Crippen molar-refractivity contribution in [2.24, 2.45) is 0 Å². The molecule has 0 aliphatic carbocycles. The number of anilines is 2. The number of carbonyl (C=O) groups is 2. The summed E-state index contributed by atoms with van der Waals surface area (Å²) in [6.07, 6.45) is 0.895. The Morgan fingerprint density at radius 2 is 1.67 bits per heavy atom. The second kappa shape index (κ2) is 8.14. The van der Waals surface area contributed by atoms with E-state index in [0.29, 0.717) is 16.9 Å². The Bertz CT molecular complexity index is 940. The molecule has 6 nitrogen and oxygen atoms in total. The number of hydrogen-bond donors (Lipinski definition) is 1. The van der Waals surface area contributed by atoms with E-state index in [9.17, 15) is 9.59 Å². The molecule has 2 amide bonds. The van der Waals surface area contributed by atoms with Gasteiger partial charge in [-0.15, -0.1) is 0 Å². The average Bonchev–Trinajstić information content (AvgIpc) is 2.69. The van der Waals surface area contributed by atoms with E-state index in [1.807, 2.05) is 43.3 Å². The van der Waals surface area contributed by atoms with Crippen molar-refractivity contribution in [3.8, 4) is 5.88 Å². The fourth-order valence-electron chi connectivity index (χ4n) is 2.46. The highest BCUT2D eigenvalue weighted by atomic mass is 16.6. The van der Waals surface area contributed by atoms with Crippen molar-refractivity contribution < 1.29 is 14.3 Å². The zero-order valence-electron chi connectivity index (χ0n) is 15.0. The standard InChI is InChI=1S/C21H19N3O3/c1-15-8-6-7-11-18(15)20(25)23-16-12-13-19(22-14-16)27-21(26)24(2)17-9-4-3-5-10-17/h3-14H,1-2H3,(H,23,25). The molecule has 3 aromatic rings. The van der Waals surface area contributed by atoms with Gasteiger partial charge in [0.05, 0.1) is 11.9 Å². The van der Waals surface area contributed by atoms with Gasteiger partial charge in [0.2, 0.25) is 5.88 Å². The first-order chi connectivity index (χ1) is 13.0. The largest absolute Gasteiger partial charge is 0.420 e. The highest BCUT2D eigenvalue weighted by Crippen LogP contribution is 2.17. The van der Waals surface area contributed by atoms with E-state index < -0.39 is 6.09 Å². The van der Waals surface area contributed by atoms with Crippen LogP contribution in [-0.2, 0) is 0 Å². The highest BCUT2D eigenvalue weighted by molar-refractivity contribution is 6.05. The van der Waals surface area contributed by atoms with Gasteiger partial charge < -0.3 is 10.1 Å².